The number of ether oxygens (including phenoxy) is 1. The number of nitrogens with zero attached hydrogens (tertiary/aromatic N) is 1. The number of benzene rings is 1. The number of amidine groups is 1. The monoisotopic (exact) mass is 300 g/mol. The molecule has 116 valence electrons. The highest BCUT2D eigenvalue weighted by atomic mass is 16.5. The van der Waals surface area contributed by atoms with Gasteiger partial charge in [-0.25, -0.2) is 4.99 Å². The van der Waals surface area contributed by atoms with Crippen LogP contribution in [0.4, 0.5) is 0 Å². The molecule has 0 aliphatic rings. The molecule has 5 heteroatoms. The lowest BCUT2D eigenvalue weighted by atomic mass is 10.1. The highest BCUT2D eigenvalue weighted by Crippen LogP contribution is 2.07. The van der Waals surface area contributed by atoms with Crippen molar-refractivity contribution in [3.05, 3.63) is 59.5 Å². The third kappa shape index (κ3) is 4.48. The molecule has 0 atom stereocenters. The maximum atomic E-state index is 12.3. The summed E-state index contributed by atoms with van der Waals surface area (Å²) in [6.45, 7) is 5.95. The average molecular weight is 300 g/mol. The number of hydrogen-bond acceptors (Lipinski definition) is 4. The first-order valence-corrected chi connectivity index (χ1v) is 7.16. The third-order valence-corrected chi connectivity index (χ3v) is 2.92. The molecule has 0 aliphatic carbocycles. The Morgan fingerprint density at radius 2 is 2.05 bits per heavy atom. The highest BCUT2D eigenvalue weighted by molar-refractivity contribution is 6.04. The van der Waals surface area contributed by atoms with Gasteiger partial charge in [-0.3, -0.25) is 10.1 Å². The fraction of sp³-hybridized carbons (Fsp3) is 0.294. The van der Waals surface area contributed by atoms with Crippen molar-refractivity contribution in [2.24, 2.45) is 4.99 Å². The molecule has 1 N–H and O–H groups in total. The van der Waals surface area contributed by atoms with Gasteiger partial charge in [0.1, 0.15) is 12.3 Å². The summed E-state index contributed by atoms with van der Waals surface area (Å²) in [5.74, 6) is 0.465. The fourth-order valence-corrected chi connectivity index (χ4v) is 1.87. The van der Waals surface area contributed by atoms with Gasteiger partial charge in [0, 0.05) is 5.56 Å². The van der Waals surface area contributed by atoms with Crippen molar-refractivity contribution in [1.82, 2.24) is 5.32 Å². The topological polar surface area (TPSA) is 63.8 Å². The normalized spacial score (nSPS) is 11.5. The number of furan rings is 1. The van der Waals surface area contributed by atoms with E-state index >= 15 is 0 Å². The molecular formula is C17H20N2O3. The number of carbonyl (C=O) groups is 1. The van der Waals surface area contributed by atoms with Gasteiger partial charge in [0.25, 0.3) is 11.9 Å². The highest BCUT2D eigenvalue weighted by Gasteiger charge is 2.13. The van der Waals surface area contributed by atoms with Crippen LogP contribution < -0.4 is 5.32 Å². The Hall–Kier alpha value is -2.56. The number of aryl methyl sites for hydroxylation is 1. The van der Waals surface area contributed by atoms with Crippen molar-refractivity contribution in [3.8, 4) is 0 Å². The molecule has 1 amide bonds. The first-order valence-electron chi connectivity index (χ1n) is 7.16. The molecule has 2 aromatic rings. The van der Waals surface area contributed by atoms with Gasteiger partial charge in [-0.15, -0.1) is 0 Å². The Kier molecular flexibility index (Phi) is 5.36. The smallest absolute Gasteiger partial charge is 0.292 e. The van der Waals surface area contributed by atoms with Crippen LogP contribution in [0, 0.1) is 6.92 Å². The van der Waals surface area contributed by atoms with Crippen molar-refractivity contribution in [3.63, 3.8) is 0 Å². The number of hydrogen-bond donors (Lipinski definition) is 1. The van der Waals surface area contributed by atoms with Crippen LogP contribution >= 0.6 is 0 Å². The summed E-state index contributed by atoms with van der Waals surface area (Å²) in [7, 11) is 0. The molecule has 0 saturated heterocycles. The van der Waals surface area contributed by atoms with Crippen molar-refractivity contribution >= 4 is 11.9 Å². The molecule has 0 aliphatic heterocycles. The van der Waals surface area contributed by atoms with E-state index in [4.69, 9.17) is 9.15 Å². The minimum absolute atomic E-state index is 0.0903. The van der Waals surface area contributed by atoms with Crippen molar-refractivity contribution < 1.29 is 13.9 Å². The van der Waals surface area contributed by atoms with E-state index in [1.807, 2.05) is 45.0 Å². The molecule has 1 aromatic carbocycles. The van der Waals surface area contributed by atoms with Crippen LogP contribution in [0.2, 0.25) is 0 Å². The lowest BCUT2D eigenvalue weighted by Crippen LogP contribution is -2.34. The van der Waals surface area contributed by atoms with Crippen molar-refractivity contribution in [1.29, 1.82) is 0 Å². The maximum Gasteiger partial charge on any atom is 0.292 e. The zero-order chi connectivity index (χ0) is 15.9. The van der Waals surface area contributed by atoms with Crippen LogP contribution in [0.15, 0.2) is 52.1 Å². The van der Waals surface area contributed by atoms with Gasteiger partial charge in [-0.05, 0) is 44.5 Å². The van der Waals surface area contributed by atoms with Crippen LogP contribution in [0.5, 0.6) is 0 Å². The summed E-state index contributed by atoms with van der Waals surface area (Å²) in [6.07, 6.45) is 1.49. The Balaban J connectivity index is 2.10. The molecule has 1 aromatic heterocycles. The minimum Gasteiger partial charge on any atom is -0.467 e. The molecule has 0 unspecified atom stereocenters. The van der Waals surface area contributed by atoms with Gasteiger partial charge >= 0.3 is 0 Å². The number of aliphatic imine (C=N–C) groups is 1. The number of nitrogens with one attached hydrogen (secondary N) is 1. The lowest BCUT2D eigenvalue weighted by Gasteiger charge is -2.14. The lowest BCUT2D eigenvalue weighted by molar-refractivity contribution is 0.0959. The van der Waals surface area contributed by atoms with Crippen LogP contribution in [0.3, 0.4) is 0 Å². The largest absolute Gasteiger partial charge is 0.467 e. The van der Waals surface area contributed by atoms with Gasteiger partial charge in [-0.1, -0.05) is 18.2 Å². The summed E-state index contributed by atoms with van der Waals surface area (Å²) in [5, 5.41) is 2.72. The minimum atomic E-state index is -0.239. The Morgan fingerprint density at radius 1 is 1.27 bits per heavy atom. The maximum absolute atomic E-state index is 12.3. The molecule has 2 rings (SSSR count). The van der Waals surface area contributed by atoms with E-state index in [2.05, 4.69) is 10.3 Å². The van der Waals surface area contributed by atoms with Crippen LogP contribution in [-0.4, -0.2) is 18.0 Å². The first kappa shape index (κ1) is 15.8. The Bertz CT molecular complexity index is 646. The van der Waals surface area contributed by atoms with E-state index < -0.39 is 0 Å². The second kappa shape index (κ2) is 7.45. The van der Waals surface area contributed by atoms with Gasteiger partial charge in [0.15, 0.2) is 0 Å². The van der Waals surface area contributed by atoms with Crippen LogP contribution in [0.1, 0.15) is 35.5 Å². The van der Waals surface area contributed by atoms with E-state index in [1.165, 1.54) is 0 Å². The molecule has 0 fully saturated rings. The molecule has 5 nitrogen and oxygen atoms in total. The summed E-state index contributed by atoms with van der Waals surface area (Å²) < 4.78 is 10.8. The summed E-state index contributed by atoms with van der Waals surface area (Å²) >= 11 is 0. The van der Waals surface area contributed by atoms with E-state index in [-0.39, 0.29) is 18.0 Å². The zero-order valence-electron chi connectivity index (χ0n) is 13.0. The molecule has 0 spiro atoms. The third-order valence-electron chi connectivity index (χ3n) is 2.92. The van der Waals surface area contributed by atoms with E-state index in [9.17, 15) is 4.79 Å². The van der Waals surface area contributed by atoms with Gasteiger partial charge < -0.3 is 9.15 Å². The molecule has 22 heavy (non-hydrogen) atoms. The van der Waals surface area contributed by atoms with Gasteiger partial charge in [0.05, 0.1) is 12.4 Å². The Labute approximate surface area is 130 Å². The molecule has 0 saturated carbocycles. The SMILES string of the molecule is Cc1ccccc1C(=O)NC(=NCc1ccco1)OC(C)C. The predicted octanol–water partition coefficient (Wildman–Crippen LogP) is 3.30. The number of amides is 1. The molecule has 0 bridgehead atoms. The predicted molar refractivity (Wildman–Crippen MR) is 84.7 cm³/mol. The molecule has 1 heterocycles. The standard InChI is InChI=1S/C17H20N2O3/c1-12(2)22-17(18-11-14-8-6-10-21-14)19-16(20)15-9-5-4-7-13(15)3/h4-10,12H,11H2,1-3H3,(H,18,19,20). The number of rotatable bonds is 4. The van der Waals surface area contributed by atoms with Gasteiger partial charge in [-0.2, -0.15) is 0 Å². The van der Waals surface area contributed by atoms with Crippen molar-refractivity contribution in [2.45, 2.75) is 33.4 Å². The van der Waals surface area contributed by atoms with Crippen LogP contribution in [0.25, 0.3) is 0 Å². The fourth-order valence-electron chi connectivity index (χ4n) is 1.87. The quantitative estimate of drug-likeness (QED) is 0.696. The second-order valence-corrected chi connectivity index (χ2v) is 5.14. The summed E-state index contributed by atoms with van der Waals surface area (Å²) in [5.41, 5.74) is 1.50. The van der Waals surface area contributed by atoms with Crippen molar-refractivity contribution in [2.75, 3.05) is 0 Å². The van der Waals surface area contributed by atoms with E-state index in [0.29, 0.717) is 17.9 Å². The number of carbonyl (C=O) groups excluding carboxylic acids is 1. The molecular weight excluding hydrogens is 280 g/mol. The Morgan fingerprint density at radius 3 is 2.68 bits per heavy atom. The summed E-state index contributed by atoms with van der Waals surface area (Å²) in [4.78, 5) is 16.6. The molecule has 0 radical (unpaired) electrons. The van der Waals surface area contributed by atoms with Crippen LogP contribution in [-0.2, 0) is 11.3 Å². The second-order valence-electron chi connectivity index (χ2n) is 5.14. The summed E-state index contributed by atoms with van der Waals surface area (Å²) in [6, 6.07) is 11.2. The van der Waals surface area contributed by atoms with E-state index in [1.54, 1.807) is 18.4 Å². The van der Waals surface area contributed by atoms with Gasteiger partial charge in [0.2, 0.25) is 0 Å². The zero-order valence-corrected chi connectivity index (χ0v) is 13.0. The first-order chi connectivity index (χ1) is 10.6. The van der Waals surface area contributed by atoms with E-state index in [0.717, 1.165) is 5.56 Å². The average Bonchev–Trinajstić information content (AvgIpc) is 2.98.